The zero-order valence-electron chi connectivity index (χ0n) is 12.0. The predicted octanol–water partition coefficient (Wildman–Crippen LogP) is 1.38. The lowest BCUT2D eigenvalue weighted by Crippen LogP contribution is -2.40. The Kier molecular flexibility index (Phi) is 4.27. The molecule has 2 saturated heterocycles. The average Bonchev–Trinajstić information content (AvgIpc) is 2.94. The van der Waals surface area contributed by atoms with Crippen molar-refractivity contribution in [2.45, 2.75) is 54.4 Å². The lowest BCUT2D eigenvalue weighted by Gasteiger charge is -2.22. The van der Waals surface area contributed by atoms with E-state index in [1.54, 1.807) is 0 Å². The zero-order valence-corrected chi connectivity index (χ0v) is 12.8. The van der Waals surface area contributed by atoms with Gasteiger partial charge in [0, 0.05) is 4.90 Å². The highest BCUT2D eigenvalue weighted by atomic mass is 32.2. The van der Waals surface area contributed by atoms with Crippen LogP contribution in [0.5, 0.6) is 0 Å². The molecule has 3 rings (SSSR count). The molecular weight excluding hydrogens is 292 g/mol. The zero-order chi connectivity index (χ0) is 15.0. The number of ether oxygens (including phenoxy) is 3. The Morgan fingerprint density at radius 3 is 2.48 bits per heavy atom. The van der Waals surface area contributed by atoms with E-state index in [1.807, 2.05) is 44.2 Å². The summed E-state index contributed by atoms with van der Waals surface area (Å²) >= 11 is 1.40. The van der Waals surface area contributed by atoms with Gasteiger partial charge in [0.1, 0.15) is 29.9 Å². The topological polar surface area (TPSA) is 68.2 Å². The Morgan fingerprint density at radius 2 is 1.86 bits per heavy atom. The fraction of sp³-hybridized carbons (Fsp3) is 0.600. The molecule has 0 aromatic heterocycles. The van der Waals surface area contributed by atoms with E-state index >= 15 is 0 Å². The molecule has 2 unspecified atom stereocenters. The maximum Gasteiger partial charge on any atom is 0.163 e. The van der Waals surface area contributed by atoms with Crippen LogP contribution in [0.15, 0.2) is 35.2 Å². The van der Waals surface area contributed by atoms with E-state index in [4.69, 9.17) is 14.2 Å². The normalized spacial score (nSPS) is 38.8. The van der Waals surface area contributed by atoms with Gasteiger partial charge in [0.2, 0.25) is 0 Å². The highest BCUT2D eigenvalue weighted by molar-refractivity contribution is 7.99. The van der Waals surface area contributed by atoms with Crippen molar-refractivity contribution in [2.75, 3.05) is 6.61 Å². The predicted molar refractivity (Wildman–Crippen MR) is 77.9 cm³/mol. The SMILES string of the molecule is CC1(C)OC[C@@H]([C@@H]2O[C@@H](Sc3ccccc3)C(O)C2O)O1. The quantitative estimate of drug-likeness (QED) is 0.879. The third-order valence-electron chi connectivity index (χ3n) is 3.65. The minimum absolute atomic E-state index is 0.351. The van der Waals surface area contributed by atoms with Crippen molar-refractivity contribution in [1.29, 1.82) is 0 Å². The minimum atomic E-state index is -0.978. The smallest absolute Gasteiger partial charge is 0.163 e. The first-order chi connectivity index (χ1) is 9.96. The molecule has 5 nitrogen and oxygen atoms in total. The van der Waals surface area contributed by atoms with Gasteiger partial charge in [-0.3, -0.25) is 0 Å². The summed E-state index contributed by atoms with van der Waals surface area (Å²) in [5.74, 6) is -0.677. The van der Waals surface area contributed by atoms with Gasteiger partial charge in [0.15, 0.2) is 5.79 Å². The second-order valence-electron chi connectivity index (χ2n) is 5.75. The van der Waals surface area contributed by atoms with Crippen LogP contribution >= 0.6 is 11.8 Å². The molecule has 0 radical (unpaired) electrons. The summed E-state index contributed by atoms with van der Waals surface area (Å²) in [5.41, 5.74) is -0.514. The summed E-state index contributed by atoms with van der Waals surface area (Å²) in [7, 11) is 0. The number of hydrogen-bond acceptors (Lipinski definition) is 6. The van der Waals surface area contributed by atoms with Crippen molar-refractivity contribution in [3.8, 4) is 0 Å². The first-order valence-corrected chi connectivity index (χ1v) is 7.89. The molecule has 5 atom stereocenters. The van der Waals surface area contributed by atoms with Gasteiger partial charge in [0.05, 0.1) is 6.61 Å². The third-order valence-corrected chi connectivity index (χ3v) is 4.82. The Morgan fingerprint density at radius 1 is 1.14 bits per heavy atom. The summed E-state index contributed by atoms with van der Waals surface area (Å²) in [6.45, 7) is 3.99. The number of thioether (sulfide) groups is 1. The molecule has 2 N–H and O–H groups in total. The van der Waals surface area contributed by atoms with Crippen molar-refractivity contribution in [3.05, 3.63) is 30.3 Å². The van der Waals surface area contributed by atoms with Gasteiger partial charge in [-0.25, -0.2) is 0 Å². The van der Waals surface area contributed by atoms with Gasteiger partial charge in [-0.05, 0) is 26.0 Å². The lowest BCUT2D eigenvalue weighted by atomic mass is 10.1. The number of rotatable bonds is 3. The Balaban J connectivity index is 1.66. The monoisotopic (exact) mass is 312 g/mol. The molecule has 2 fully saturated rings. The number of hydrogen-bond donors (Lipinski definition) is 2. The summed E-state index contributed by atoms with van der Waals surface area (Å²) in [5, 5.41) is 20.4. The molecule has 6 heteroatoms. The van der Waals surface area contributed by atoms with Crippen molar-refractivity contribution in [1.82, 2.24) is 0 Å². The van der Waals surface area contributed by atoms with Gasteiger partial charge in [0.25, 0.3) is 0 Å². The summed E-state index contributed by atoms with van der Waals surface area (Å²) in [4.78, 5) is 0.985. The van der Waals surface area contributed by atoms with E-state index in [2.05, 4.69) is 0 Å². The third kappa shape index (κ3) is 3.26. The summed E-state index contributed by atoms with van der Waals surface area (Å²) < 4.78 is 17.0. The van der Waals surface area contributed by atoms with E-state index < -0.39 is 29.5 Å². The van der Waals surface area contributed by atoms with Crippen LogP contribution in [-0.2, 0) is 14.2 Å². The second kappa shape index (κ2) is 5.87. The summed E-state index contributed by atoms with van der Waals surface area (Å²) in [6.07, 6.45) is -2.88. The highest BCUT2D eigenvalue weighted by Gasteiger charge is 2.50. The van der Waals surface area contributed by atoms with Crippen LogP contribution in [0.1, 0.15) is 13.8 Å². The Labute approximate surface area is 128 Å². The first kappa shape index (κ1) is 15.3. The van der Waals surface area contributed by atoms with Gasteiger partial charge in [-0.2, -0.15) is 0 Å². The van der Waals surface area contributed by atoms with Crippen LogP contribution in [0.3, 0.4) is 0 Å². The molecule has 0 aliphatic carbocycles. The molecule has 1 aromatic carbocycles. The average molecular weight is 312 g/mol. The summed E-state index contributed by atoms with van der Waals surface area (Å²) in [6, 6.07) is 9.67. The standard InChI is InChI=1S/C15H20O5S/c1-15(2)18-8-10(20-15)13-11(16)12(17)14(19-13)21-9-6-4-3-5-7-9/h3-7,10-14,16-17H,8H2,1-2H3/t10-,11?,12?,13-,14-/m0/s1. The Hall–Kier alpha value is -0.630. The maximum atomic E-state index is 10.2. The molecule has 1 aromatic rings. The second-order valence-corrected chi connectivity index (χ2v) is 6.92. The maximum absolute atomic E-state index is 10.2. The molecule has 2 aliphatic rings. The van der Waals surface area contributed by atoms with Crippen LogP contribution < -0.4 is 0 Å². The van der Waals surface area contributed by atoms with Gasteiger partial charge < -0.3 is 24.4 Å². The van der Waals surface area contributed by atoms with Gasteiger partial charge >= 0.3 is 0 Å². The fourth-order valence-electron chi connectivity index (χ4n) is 2.59. The van der Waals surface area contributed by atoms with Gasteiger partial charge in [-0.1, -0.05) is 30.0 Å². The van der Waals surface area contributed by atoms with E-state index in [0.29, 0.717) is 6.61 Å². The van der Waals surface area contributed by atoms with Crippen molar-refractivity contribution in [3.63, 3.8) is 0 Å². The largest absolute Gasteiger partial charge is 0.387 e. The highest BCUT2D eigenvalue weighted by Crippen LogP contribution is 2.38. The molecular formula is C15H20O5S. The molecule has 2 heterocycles. The molecule has 0 amide bonds. The molecule has 0 spiro atoms. The molecule has 0 saturated carbocycles. The number of benzene rings is 1. The van der Waals surface area contributed by atoms with Crippen LogP contribution in [0.4, 0.5) is 0 Å². The van der Waals surface area contributed by atoms with E-state index in [9.17, 15) is 10.2 Å². The van der Waals surface area contributed by atoms with E-state index in [-0.39, 0.29) is 6.10 Å². The van der Waals surface area contributed by atoms with E-state index in [0.717, 1.165) is 4.90 Å². The lowest BCUT2D eigenvalue weighted by molar-refractivity contribution is -0.159. The first-order valence-electron chi connectivity index (χ1n) is 7.01. The molecule has 2 aliphatic heterocycles. The van der Waals surface area contributed by atoms with Crippen LogP contribution in [-0.4, -0.2) is 52.5 Å². The van der Waals surface area contributed by atoms with Gasteiger partial charge in [-0.15, -0.1) is 0 Å². The molecule has 116 valence electrons. The van der Waals surface area contributed by atoms with Crippen LogP contribution in [0.25, 0.3) is 0 Å². The van der Waals surface area contributed by atoms with Crippen molar-refractivity contribution in [2.24, 2.45) is 0 Å². The van der Waals surface area contributed by atoms with E-state index in [1.165, 1.54) is 11.8 Å². The molecule has 21 heavy (non-hydrogen) atoms. The van der Waals surface area contributed by atoms with Crippen molar-refractivity contribution < 1.29 is 24.4 Å². The number of aliphatic hydroxyl groups is 2. The van der Waals surface area contributed by atoms with Crippen LogP contribution in [0.2, 0.25) is 0 Å². The Bertz CT molecular complexity index is 480. The minimum Gasteiger partial charge on any atom is -0.387 e. The fourth-order valence-corrected chi connectivity index (χ4v) is 3.65. The number of aliphatic hydroxyl groups excluding tert-OH is 2. The molecule has 0 bridgehead atoms. The van der Waals surface area contributed by atoms with Crippen molar-refractivity contribution >= 4 is 11.8 Å². The van der Waals surface area contributed by atoms with Crippen LogP contribution in [0, 0.1) is 0 Å².